The number of amides is 2. The maximum Gasteiger partial charge on any atom is 0.418 e. The van der Waals surface area contributed by atoms with Gasteiger partial charge in [0.1, 0.15) is 5.54 Å². The van der Waals surface area contributed by atoms with Crippen molar-refractivity contribution in [1.82, 2.24) is 15.6 Å². The van der Waals surface area contributed by atoms with E-state index < -0.39 is 23.2 Å². The maximum atomic E-state index is 13.4. The Balaban J connectivity index is 2.49. The number of likely N-dealkylation sites (N-methyl/N-ethyl adjacent to an activating group) is 1. The van der Waals surface area contributed by atoms with Crippen LogP contribution in [0.25, 0.3) is 0 Å². The molecule has 0 radical (unpaired) electrons. The predicted octanol–water partition coefficient (Wildman–Crippen LogP) is 3.02. The van der Waals surface area contributed by atoms with Crippen LogP contribution in [0.4, 0.5) is 13.2 Å². The second kappa shape index (κ2) is 7.74. The molecule has 150 valence electrons. The van der Waals surface area contributed by atoms with Crippen LogP contribution in [-0.2, 0) is 11.0 Å². The highest BCUT2D eigenvalue weighted by atomic mass is 19.4. The van der Waals surface area contributed by atoms with Crippen molar-refractivity contribution in [2.24, 2.45) is 0 Å². The van der Waals surface area contributed by atoms with Gasteiger partial charge in [-0.2, -0.15) is 13.2 Å². The molecule has 0 aliphatic heterocycles. The second-order valence-electron chi connectivity index (χ2n) is 6.57. The minimum Gasteiger partial charge on any atom is -0.494 e. The van der Waals surface area contributed by atoms with Crippen LogP contribution in [0.5, 0.6) is 5.75 Å². The number of carbonyl (C=O) groups excluding carboxylic acids is 2. The van der Waals surface area contributed by atoms with Crippen LogP contribution in [0.15, 0.2) is 6.07 Å². The molecule has 1 heterocycles. The first-order valence-electron chi connectivity index (χ1n) is 8.84. The average Bonchev–Trinajstić information content (AvgIpc) is 3.48. The summed E-state index contributed by atoms with van der Waals surface area (Å²) >= 11 is 0. The molecule has 27 heavy (non-hydrogen) atoms. The summed E-state index contributed by atoms with van der Waals surface area (Å²) in [5.74, 6) is -1.72. The Bertz CT molecular complexity index is 727. The van der Waals surface area contributed by atoms with Gasteiger partial charge in [0, 0.05) is 13.0 Å². The molecule has 6 nitrogen and oxygen atoms in total. The van der Waals surface area contributed by atoms with E-state index in [-0.39, 0.29) is 29.0 Å². The first kappa shape index (κ1) is 21.0. The summed E-state index contributed by atoms with van der Waals surface area (Å²) < 4.78 is 45.1. The maximum absolute atomic E-state index is 13.4. The summed E-state index contributed by atoms with van der Waals surface area (Å²) in [6.45, 7) is 3.48. The summed E-state index contributed by atoms with van der Waals surface area (Å²) in [5, 5.41) is 5.15. The van der Waals surface area contributed by atoms with Gasteiger partial charge in [0.25, 0.3) is 5.91 Å². The number of hydrogen-bond donors (Lipinski definition) is 2. The molecule has 1 aromatic rings. The van der Waals surface area contributed by atoms with Gasteiger partial charge in [0.05, 0.1) is 18.4 Å². The SMILES string of the molecule is CCC(CC)(NC(=O)c1nc(C2CC2)c(C(F)(F)F)cc1OC)C(=O)NC. The largest absolute Gasteiger partial charge is 0.494 e. The molecule has 2 rings (SSSR count). The fourth-order valence-corrected chi connectivity index (χ4v) is 3.04. The minimum atomic E-state index is -4.59. The van der Waals surface area contributed by atoms with Crippen LogP contribution in [0.2, 0.25) is 0 Å². The number of alkyl halides is 3. The normalized spacial score (nSPS) is 14.6. The number of methoxy groups -OCH3 is 1. The Morgan fingerprint density at radius 2 is 1.85 bits per heavy atom. The van der Waals surface area contributed by atoms with E-state index in [1.165, 1.54) is 14.2 Å². The second-order valence-corrected chi connectivity index (χ2v) is 6.57. The number of nitrogens with zero attached hydrogens (tertiary/aromatic N) is 1. The van der Waals surface area contributed by atoms with Crippen LogP contribution >= 0.6 is 0 Å². The van der Waals surface area contributed by atoms with E-state index >= 15 is 0 Å². The van der Waals surface area contributed by atoms with Crippen molar-refractivity contribution >= 4 is 11.8 Å². The van der Waals surface area contributed by atoms with Crippen molar-refractivity contribution in [2.75, 3.05) is 14.2 Å². The van der Waals surface area contributed by atoms with Gasteiger partial charge in [-0.1, -0.05) is 13.8 Å². The number of pyridine rings is 1. The zero-order valence-electron chi connectivity index (χ0n) is 15.8. The fraction of sp³-hybridized carbons (Fsp3) is 0.611. The Morgan fingerprint density at radius 1 is 1.26 bits per heavy atom. The van der Waals surface area contributed by atoms with Crippen molar-refractivity contribution in [1.29, 1.82) is 0 Å². The first-order chi connectivity index (χ1) is 12.6. The highest BCUT2D eigenvalue weighted by Crippen LogP contribution is 2.46. The standard InChI is InChI=1S/C18H24F3N3O3/c1-5-17(6-2,16(26)22-3)24-15(25)14-12(27-4)9-11(18(19,20)21)13(23-14)10-7-8-10/h9-10H,5-8H2,1-4H3,(H,22,26)(H,24,25). The number of halogens is 3. The fourth-order valence-electron chi connectivity index (χ4n) is 3.04. The Hall–Kier alpha value is -2.32. The van der Waals surface area contributed by atoms with Crippen molar-refractivity contribution in [2.45, 2.75) is 57.2 Å². The summed E-state index contributed by atoms with van der Waals surface area (Å²) in [5.41, 5.74) is -2.46. The van der Waals surface area contributed by atoms with Crippen molar-refractivity contribution in [3.05, 3.63) is 23.0 Å². The van der Waals surface area contributed by atoms with E-state index in [2.05, 4.69) is 15.6 Å². The van der Waals surface area contributed by atoms with Crippen LogP contribution in [0.1, 0.15) is 67.2 Å². The van der Waals surface area contributed by atoms with Gasteiger partial charge in [-0.3, -0.25) is 9.59 Å². The lowest BCUT2D eigenvalue weighted by Gasteiger charge is -2.31. The summed E-state index contributed by atoms with van der Waals surface area (Å²) in [6.07, 6.45) is -2.78. The smallest absolute Gasteiger partial charge is 0.418 e. The van der Waals surface area contributed by atoms with E-state index in [1.54, 1.807) is 13.8 Å². The Kier molecular flexibility index (Phi) is 6.01. The zero-order chi connectivity index (χ0) is 20.4. The number of carbonyl (C=O) groups is 2. The molecule has 2 amide bonds. The first-order valence-corrected chi connectivity index (χ1v) is 8.84. The number of nitrogens with one attached hydrogen (secondary N) is 2. The zero-order valence-corrected chi connectivity index (χ0v) is 15.8. The molecule has 9 heteroatoms. The highest BCUT2D eigenvalue weighted by Gasteiger charge is 2.42. The topological polar surface area (TPSA) is 80.3 Å². The quantitative estimate of drug-likeness (QED) is 0.754. The molecule has 2 N–H and O–H groups in total. The van der Waals surface area contributed by atoms with Gasteiger partial charge in [-0.15, -0.1) is 0 Å². The van der Waals surface area contributed by atoms with Gasteiger partial charge >= 0.3 is 6.18 Å². The van der Waals surface area contributed by atoms with Gasteiger partial charge in [0.2, 0.25) is 5.91 Å². The summed E-state index contributed by atoms with van der Waals surface area (Å²) in [6, 6.07) is 0.815. The van der Waals surface area contributed by atoms with E-state index in [0.717, 1.165) is 6.07 Å². The number of rotatable bonds is 7. The molecule has 1 aliphatic rings. The van der Waals surface area contributed by atoms with Crippen molar-refractivity contribution in [3.63, 3.8) is 0 Å². The Morgan fingerprint density at radius 3 is 2.26 bits per heavy atom. The van der Waals surface area contributed by atoms with Gasteiger partial charge in [0.15, 0.2) is 11.4 Å². The van der Waals surface area contributed by atoms with Crippen LogP contribution in [0.3, 0.4) is 0 Å². The molecule has 0 saturated heterocycles. The average molecular weight is 387 g/mol. The third-order valence-electron chi connectivity index (χ3n) is 4.94. The monoisotopic (exact) mass is 387 g/mol. The number of aromatic nitrogens is 1. The highest BCUT2D eigenvalue weighted by molar-refractivity contribution is 5.99. The summed E-state index contributed by atoms with van der Waals surface area (Å²) in [7, 11) is 2.63. The molecule has 1 aliphatic carbocycles. The lowest BCUT2D eigenvalue weighted by atomic mass is 9.91. The van der Waals surface area contributed by atoms with Crippen LogP contribution in [-0.4, -0.2) is 36.5 Å². The van der Waals surface area contributed by atoms with E-state index in [0.29, 0.717) is 25.7 Å². The van der Waals surface area contributed by atoms with Gasteiger partial charge in [-0.05, 0) is 31.7 Å². The van der Waals surface area contributed by atoms with Crippen LogP contribution in [0, 0.1) is 0 Å². The van der Waals surface area contributed by atoms with Crippen molar-refractivity contribution < 1.29 is 27.5 Å². The molecule has 0 atom stereocenters. The lowest BCUT2D eigenvalue weighted by molar-refractivity contribution is -0.138. The van der Waals surface area contributed by atoms with E-state index in [1.807, 2.05) is 0 Å². The van der Waals surface area contributed by atoms with E-state index in [4.69, 9.17) is 4.74 Å². The molecule has 0 aromatic carbocycles. The van der Waals surface area contributed by atoms with Crippen LogP contribution < -0.4 is 15.4 Å². The summed E-state index contributed by atoms with van der Waals surface area (Å²) in [4.78, 5) is 29.1. The molecular formula is C18H24F3N3O3. The molecule has 1 aromatic heterocycles. The lowest BCUT2D eigenvalue weighted by Crippen LogP contribution is -2.57. The minimum absolute atomic E-state index is 0.146. The van der Waals surface area contributed by atoms with E-state index in [9.17, 15) is 22.8 Å². The third-order valence-corrected chi connectivity index (χ3v) is 4.94. The molecule has 1 saturated carbocycles. The van der Waals surface area contributed by atoms with Gasteiger partial charge < -0.3 is 15.4 Å². The van der Waals surface area contributed by atoms with Crippen molar-refractivity contribution in [3.8, 4) is 5.75 Å². The molecule has 0 spiro atoms. The molecule has 0 bridgehead atoms. The molecular weight excluding hydrogens is 363 g/mol. The third kappa shape index (κ3) is 4.17. The molecule has 0 unspecified atom stereocenters. The number of hydrogen-bond acceptors (Lipinski definition) is 4. The van der Waals surface area contributed by atoms with Gasteiger partial charge in [-0.25, -0.2) is 4.98 Å². The predicted molar refractivity (Wildman–Crippen MR) is 92.6 cm³/mol. The number of ether oxygens (including phenoxy) is 1. The Labute approximate surface area is 155 Å². The molecule has 1 fully saturated rings.